The predicted molar refractivity (Wildman–Crippen MR) is 98.5 cm³/mol. The van der Waals surface area contributed by atoms with Gasteiger partial charge in [-0.15, -0.1) is 10.2 Å². The normalized spacial score (nSPS) is 14.7. The van der Waals surface area contributed by atoms with Crippen molar-refractivity contribution in [3.05, 3.63) is 42.4 Å². The molecule has 0 bridgehead atoms. The maximum Gasteiger partial charge on any atom is 0.271 e. The van der Waals surface area contributed by atoms with Crippen molar-refractivity contribution in [3.8, 4) is 17.0 Å². The second kappa shape index (κ2) is 6.75. The molecule has 1 saturated heterocycles. The summed E-state index contributed by atoms with van der Waals surface area (Å²) < 4.78 is 31.8. The van der Waals surface area contributed by atoms with Crippen LogP contribution in [0.25, 0.3) is 11.3 Å². The van der Waals surface area contributed by atoms with Gasteiger partial charge in [0.25, 0.3) is 5.91 Å². The number of hydrogen-bond acceptors (Lipinski definition) is 7. The number of aryl methyl sites for hydroxylation is 1. The zero-order valence-corrected chi connectivity index (χ0v) is 16.0. The van der Waals surface area contributed by atoms with Gasteiger partial charge < -0.3 is 14.2 Å². The number of methoxy groups -OCH3 is 1. The second-order valence-corrected chi connectivity index (χ2v) is 8.59. The Morgan fingerprint density at radius 2 is 2.04 bits per heavy atom. The minimum absolute atomic E-state index is 0.0930. The molecular formula is C17H18N6O4S. The van der Waals surface area contributed by atoms with E-state index in [2.05, 4.69) is 20.4 Å². The van der Waals surface area contributed by atoms with Crippen LogP contribution in [0.5, 0.6) is 5.75 Å². The van der Waals surface area contributed by atoms with Crippen LogP contribution in [-0.4, -0.2) is 69.6 Å². The molecule has 10 nitrogen and oxygen atoms in total. The summed E-state index contributed by atoms with van der Waals surface area (Å²) in [5.74, 6) is 0.338. The van der Waals surface area contributed by atoms with Gasteiger partial charge in [-0.25, -0.2) is 8.42 Å². The van der Waals surface area contributed by atoms with Crippen molar-refractivity contribution >= 4 is 15.7 Å². The Balaban J connectivity index is 1.48. The maximum atomic E-state index is 12.6. The summed E-state index contributed by atoms with van der Waals surface area (Å²) in [5, 5.41) is 13.4. The fourth-order valence-corrected chi connectivity index (χ4v) is 4.74. The molecule has 2 aromatic heterocycles. The van der Waals surface area contributed by atoms with E-state index in [1.54, 1.807) is 20.2 Å². The molecule has 0 radical (unpaired) electrons. The van der Waals surface area contributed by atoms with Crippen LogP contribution in [0, 0.1) is 0 Å². The Hall–Kier alpha value is -3.21. The van der Waals surface area contributed by atoms with Crippen molar-refractivity contribution in [2.24, 2.45) is 7.05 Å². The molecule has 3 aromatic rings. The van der Waals surface area contributed by atoms with Gasteiger partial charge in [-0.2, -0.15) is 5.10 Å². The van der Waals surface area contributed by atoms with Gasteiger partial charge in [0.15, 0.2) is 0 Å². The highest BCUT2D eigenvalue weighted by Crippen LogP contribution is 2.29. The first kappa shape index (κ1) is 18.2. The lowest BCUT2D eigenvalue weighted by Crippen LogP contribution is -2.57. The molecule has 4 rings (SSSR count). The molecule has 0 saturated carbocycles. The lowest BCUT2D eigenvalue weighted by Gasteiger charge is -2.37. The Morgan fingerprint density at radius 3 is 2.71 bits per heavy atom. The zero-order chi connectivity index (χ0) is 19.9. The number of para-hydroxylation sites is 1. The van der Waals surface area contributed by atoms with Crippen LogP contribution in [0.4, 0.5) is 0 Å². The number of carbonyl (C=O) groups excluding carboxylic acids is 1. The number of amides is 1. The number of hydrogen-bond donors (Lipinski definition) is 1. The van der Waals surface area contributed by atoms with E-state index in [4.69, 9.17) is 4.74 Å². The van der Waals surface area contributed by atoms with Gasteiger partial charge in [0.1, 0.15) is 23.0 Å². The van der Waals surface area contributed by atoms with E-state index < -0.39 is 15.1 Å². The number of rotatable bonds is 5. The van der Waals surface area contributed by atoms with E-state index in [1.807, 2.05) is 24.3 Å². The third kappa shape index (κ3) is 2.93. The van der Waals surface area contributed by atoms with Gasteiger partial charge in [0.05, 0.1) is 12.8 Å². The first-order chi connectivity index (χ1) is 13.4. The lowest BCUT2D eigenvalue weighted by atomic mass is 10.1. The van der Waals surface area contributed by atoms with Gasteiger partial charge in [0.2, 0.25) is 15.0 Å². The zero-order valence-electron chi connectivity index (χ0n) is 15.2. The van der Waals surface area contributed by atoms with Crippen molar-refractivity contribution < 1.29 is 17.9 Å². The topological polar surface area (TPSA) is 123 Å². The van der Waals surface area contributed by atoms with E-state index in [-0.39, 0.29) is 29.8 Å². The van der Waals surface area contributed by atoms with Crippen LogP contribution in [-0.2, 0) is 16.9 Å². The molecule has 0 atom stereocenters. The second-order valence-electron chi connectivity index (χ2n) is 6.47. The maximum absolute atomic E-state index is 12.6. The number of carbonyl (C=O) groups is 1. The van der Waals surface area contributed by atoms with Gasteiger partial charge in [-0.3, -0.25) is 9.89 Å². The number of H-pyrrole nitrogens is 1. The van der Waals surface area contributed by atoms with Gasteiger partial charge in [-0.1, -0.05) is 12.1 Å². The number of aromatic nitrogens is 5. The van der Waals surface area contributed by atoms with Crippen LogP contribution >= 0.6 is 0 Å². The molecule has 0 aliphatic carbocycles. The summed E-state index contributed by atoms with van der Waals surface area (Å²) in [6.07, 6.45) is 1.33. The molecule has 11 heteroatoms. The molecular weight excluding hydrogens is 384 g/mol. The Bertz CT molecular complexity index is 1130. The van der Waals surface area contributed by atoms with Gasteiger partial charge in [-0.05, 0) is 18.2 Å². The number of sulfone groups is 1. The van der Waals surface area contributed by atoms with Crippen LogP contribution in [0.3, 0.4) is 0 Å². The summed E-state index contributed by atoms with van der Waals surface area (Å²) in [7, 11) is -0.499. The third-order valence-electron chi connectivity index (χ3n) is 4.69. The quantitative estimate of drug-likeness (QED) is 0.660. The molecule has 1 fully saturated rings. The molecule has 3 heterocycles. The van der Waals surface area contributed by atoms with E-state index in [9.17, 15) is 13.2 Å². The lowest BCUT2D eigenvalue weighted by molar-refractivity contribution is 0.0652. The highest BCUT2D eigenvalue weighted by Gasteiger charge is 2.43. The smallest absolute Gasteiger partial charge is 0.271 e. The van der Waals surface area contributed by atoms with E-state index in [0.717, 1.165) is 5.56 Å². The van der Waals surface area contributed by atoms with Crippen molar-refractivity contribution in [1.82, 2.24) is 29.9 Å². The van der Waals surface area contributed by atoms with Crippen molar-refractivity contribution in [3.63, 3.8) is 0 Å². The predicted octanol–water partition coefficient (Wildman–Crippen LogP) is 0.512. The molecule has 1 aliphatic heterocycles. The SMILES string of the molecule is COc1ccccc1-c1cc(C(=O)N2CC(S(=O)(=O)c3nncn3C)C2)[nH]n1. The van der Waals surface area contributed by atoms with Crippen LogP contribution in [0.1, 0.15) is 10.5 Å². The molecule has 1 aliphatic rings. The number of ether oxygens (including phenoxy) is 1. The van der Waals surface area contributed by atoms with Crippen LogP contribution in [0.15, 0.2) is 41.8 Å². The van der Waals surface area contributed by atoms with Gasteiger partial charge >= 0.3 is 0 Å². The number of likely N-dealkylation sites (tertiary alicyclic amines) is 1. The summed E-state index contributed by atoms with van der Waals surface area (Å²) in [6, 6.07) is 8.98. The Morgan fingerprint density at radius 1 is 1.29 bits per heavy atom. The third-order valence-corrected chi connectivity index (χ3v) is 6.74. The summed E-state index contributed by atoms with van der Waals surface area (Å²) in [5.41, 5.74) is 1.62. The Kier molecular flexibility index (Phi) is 4.38. The average Bonchev–Trinajstić information content (AvgIpc) is 3.29. The first-order valence-corrected chi connectivity index (χ1v) is 10.0. The minimum atomic E-state index is -3.63. The van der Waals surface area contributed by atoms with Crippen molar-refractivity contribution in [2.45, 2.75) is 10.4 Å². The highest BCUT2D eigenvalue weighted by atomic mass is 32.2. The summed E-state index contributed by atoms with van der Waals surface area (Å²) in [4.78, 5) is 14.1. The highest BCUT2D eigenvalue weighted by molar-refractivity contribution is 7.92. The van der Waals surface area contributed by atoms with E-state index in [1.165, 1.54) is 15.8 Å². The van der Waals surface area contributed by atoms with Gasteiger partial charge in [0, 0.05) is 25.7 Å². The van der Waals surface area contributed by atoms with E-state index in [0.29, 0.717) is 11.4 Å². The monoisotopic (exact) mass is 402 g/mol. The van der Waals surface area contributed by atoms with Crippen molar-refractivity contribution in [2.75, 3.05) is 20.2 Å². The fourth-order valence-electron chi connectivity index (χ4n) is 3.08. The molecule has 146 valence electrons. The molecule has 28 heavy (non-hydrogen) atoms. The molecule has 0 unspecified atom stereocenters. The molecule has 0 spiro atoms. The van der Waals surface area contributed by atoms with E-state index >= 15 is 0 Å². The van der Waals surface area contributed by atoms with Crippen LogP contribution < -0.4 is 4.74 Å². The molecule has 1 amide bonds. The number of nitrogens with one attached hydrogen (secondary N) is 1. The number of nitrogens with zero attached hydrogens (tertiary/aromatic N) is 5. The standard InChI is InChI=1S/C17H18N6O4S/c1-22-10-18-21-17(22)28(25,26)11-8-23(9-11)16(24)14-7-13(19-20-14)12-5-3-4-6-15(12)27-2/h3-7,10-11H,8-9H2,1-2H3,(H,19,20). The number of aromatic amines is 1. The summed E-state index contributed by atoms with van der Waals surface area (Å²) >= 11 is 0. The first-order valence-electron chi connectivity index (χ1n) is 8.47. The fraction of sp³-hybridized carbons (Fsp3) is 0.294. The van der Waals surface area contributed by atoms with Crippen molar-refractivity contribution in [1.29, 1.82) is 0 Å². The largest absolute Gasteiger partial charge is 0.496 e. The molecule has 1 N–H and O–H groups in total. The number of benzene rings is 1. The minimum Gasteiger partial charge on any atom is -0.496 e. The summed E-state index contributed by atoms with van der Waals surface area (Å²) in [6.45, 7) is 0.189. The Labute approximate surface area is 161 Å². The van der Waals surface area contributed by atoms with Crippen LogP contribution in [0.2, 0.25) is 0 Å². The average molecular weight is 402 g/mol. The molecule has 1 aromatic carbocycles.